The van der Waals surface area contributed by atoms with E-state index in [-0.39, 0.29) is 12.3 Å². The van der Waals surface area contributed by atoms with Crippen molar-refractivity contribution in [1.29, 1.82) is 0 Å². The summed E-state index contributed by atoms with van der Waals surface area (Å²) in [6.45, 7) is 4.51. The van der Waals surface area contributed by atoms with E-state index < -0.39 is 0 Å². The smallest absolute Gasteiger partial charge is 0.230 e. The zero-order chi connectivity index (χ0) is 20.2. The molecule has 0 saturated carbocycles. The molecule has 3 aromatic rings. The Labute approximate surface area is 169 Å². The van der Waals surface area contributed by atoms with Crippen molar-refractivity contribution in [1.82, 2.24) is 19.9 Å². The summed E-state index contributed by atoms with van der Waals surface area (Å²) in [5.74, 6) is 2.55. The Morgan fingerprint density at radius 1 is 1.10 bits per heavy atom. The summed E-state index contributed by atoms with van der Waals surface area (Å²) in [6, 6.07) is 9.33. The van der Waals surface area contributed by atoms with Gasteiger partial charge >= 0.3 is 0 Å². The van der Waals surface area contributed by atoms with Crippen molar-refractivity contribution >= 4 is 11.9 Å². The quantitative estimate of drug-likeness (QED) is 0.658. The standard InChI is InChI=1S/C21H23N5O3/c1-15-17(24-20(29-15)16-6-3-4-7-18(16)28-2)14-19(27)25-10-12-26(13-11-25)21-22-8-5-9-23-21/h3-9H,10-14H2,1-2H3. The summed E-state index contributed by atoms with van der Waals surface area (Å²) in [6.07, 6.45) is 3.67. The number of hydrogen-bond donors (Lipinski definition) is 0. The van der Waals surface area contributed by atoms with Crippen LogP contribution in [0.3, 0.4) is 0 Å². The lowest BCUT2D eigenvalue weighted by Crippen LogP contribution is -2.49. The lowest BCUT2D eigenvalue weighted by atomic mass is 10.2. The van der Waals surface area contributed by atoms with Crippen LogP contribution in [-0.2, 0) is 11.2 Å². The van der Waals surface area contributed by atoms with Crippen molar-refractivity contribution in [2.45, 2.75) is 13.3 Å². The molecule has 2 aromatic heterocycles. The first-order valence-electron chi connectivity index (χ1n) is 9.55. The number of aryl methyl sites for hydroxylation is 1. The molecule has 3 heterocycles. The molecular formula is C21H23N5O3. The molecule has 1 saturated heterocycles. The fraction of sp³-hybridized carbons (Fsp3) is 0.333. The maximum Gasteiger partial charge on any atom is 0.230 e. The zero-order valence-electron chi connectivity index (χ0n) is 16.5. The Balaban J connectivity index is 1.41. The highest BCUT2D eigenvalue weighted by Crippen LogP contribution is 2.30. The second-order valence-electron chi connectivity index (χ2n) is 6.82. The SMILES string of the molecule is COc1ccccc1-c1nc(CC(=O)N2CCN(c3ncccn3)CC2)c(C)o1. The third kappa shape index (κ3) is 4.06. The lowest BCUT2D eigenvalue weighted by molar-refractivity contribution is -0.130. The highest BCUT2D eigenvalue weighted by atomic mass is 16.5. The molecule has 0 unspecified atom stereocenters. The molecule has 29 heavy (non-hydrogen) atoms. The van der Waals surface area contributed by atoms with Crippen LogP contribution in [0, 0.1) is 6.92 Å². The van der Waals surface area contributed by atoms with Crippen molar-refractivity contribution in [3.8, 4) is 17.2 Å². The van der Waals surface area contributed by atoms with Crippen LogP contribution < -0.4 is 9.64 Å². The second kappa shape index (κ2) is 8.30. The van der Waals surface area contributed by atoms with Gasteiger partial charge in [0.15, 0.2) is 0 Å². The van der Waals surface area contributed by atoms with Gasteiger partial charge in [-0.1, -0.05) is 12.1 Å². The largest absolute Gasteiger partial charge is 0.496 e. The number of benzene rings is 1. The van der Waals surface area contributed by atoms with Gasteiger partial charge in [0, 0.05) is 38.6 Å². The predicted octanol–water partition coefficient (Wildman–Crippen LogP) is 2.34. The number of ether oxygens (including phenoxy) is 1. The number of para-hydroxylation sites is 1. The van der Waals surface area contributed by atoms with Crippen LogP contribution in [0.2, 0.25) is 0 Å². The molecule has 1 amide bonds. The molecule has 0 N–H and O–H groups in total. The van der Waals surface area contributed by atoms with Crippen LogP contribution in [-0.4, -0.2) is 59.0 Å². The minimum atomic E-state index is 0.0432. The summed E-state index contributed by atoms with van der Waals surface area (Å²) in [4.78, 5) is 29.9. The Kier molecular flexibility index (Phi) is 5.41. The third-order valence-corrected chi connectivity index (χ3v) is 5.02. The minimum Gasteiger partial charge on any atom is -0.496 e. The molecule has 1 aliphatic heterocycles. The van der Waals surface area contributed by atoms with E-state index in [1.54, 1.807) is 25.6 Å². The number of nitrogens with zero attached hydrogens (tertiary/aromatic N) is 5. The number of methoxy groups -OCH3 is 1. The molecule has 0 aliphatic carbocycles. The topological polar surface area (TPSA) is 84.6 Å². The fourth-order valence-electron chi connectivity index (χ4n) is 3.39. The number of aromatic nitrogens is 3. The van der Waals surface area contributed by atoms with Gasteiger partial charge < -0.3 is 19.0 Å². The van der Waals surface area contributed by atoms with E-state index in [9.17, 15) is 4.79 Å². The number of oxazole rings is 1. The number of anilines is 1. The molecule has 150 valence electrons. The number of amides is 1. The second-order valence-corrected chi connectivity index (χ2v) is 6.82. The maximum atomic E-state index is 12.8. The zero-order valence-corrected chi connectivity index (χ0v) is 16.5. The first-order valence-corrected chi connectivity index (χ1v) is 9.55. The average Bonchev–Trinajstić information content (AvgIpc) is 3.14. The van der Waals surface area contributed by atoms with Crippen LogP contribution in [0.25, 0.3) is 11.5 Å². The van der Waals surface area contributed by atoms with Gasteiger partial charge in [-0.3, -0.25) is 4.79 Å². The third-order valence-electron chi connectivity index (χ3n) is 5.02. The van der Waals surface area contributed by atoms with Crippen molar-refractivity contribution in [2.24, 2.45) is 0 Å². The minimum absolute atomic E-state index is 0.0432. The molecule has 0 radical (unpaired) electrons. The van der Waals surface area contributed by atoms with Gasteiger partial charge in [0.1, 0.15) is 11.5 Å². The molecule has 0 spiro atoms. The summed E-state index contributed by atoms with van der Waals surface area (Å²) >= 11 is 0. The normalized spacial score (nSPS) is 14.1. The number of piperazine rings is 1. The van der Waals surface area contributed by atoms with Gasteiger partial charge in [0.05, 0.1) is 24.8 Å². The molecule has 4 rings (SSSR count). The van der Waals surface area contributed by atoms with Gasteiger partial charge in [-0.25, -0.2) is 15.0 Å². The fourth-order valence-corrected chi connectivity index (χ4v) is 3.39. The van der Waals surface area contributed by atoms with E-state index >= 15 is 0 Å². The number of hydrogen-bond acceptors (Lipinski definition) is 7. The Morgan fingerprint density at radius 2 is 1.83 bits per heavy atom. The van der Waals surface area contributed by atoms with E-state index in [2.05, 4.69) is 19.9 Å². The van der Waals surface area contributed by atoms with E-state index in [0.717, 1.165) is 5.56 Å². The van der Waals surface area contributed by atoms with Crippen LogP contribution in [0.1, 0.15) is 11.5 Å². The van der Waals surface area contributed by atoms with Gasteiger partial charge in [0.25, 0.3) is 0 Å². The average molecular weight is 393 g/mol. The summed E-state index contributed by atoms with van der Waals surface area (Å²) in [7, 11) is 1.61. The van der Waals surface area contributed by atoms with Crippen molar-refractivity contribution in [3.05, 3.63) is 54.2 Å². The summed E-state index contributed by atoms with van der Waals surface area (Å²) < 4.78 is 11.2. The van der Waals surface area contributed by atoms with E-state index in [4.69, 9.17) is 9.15 Å². The van der Waals surface area contributed by atoms with Gasteiger partial charge in [-0.2, -0.15) is 0 Å². The Bertz CT molecular complexity index is 981. The number of rotatable bonds is 5. The Hall–Kier alpha value is -3.42. The van der Waals surface area contributed by atoms with Gasteiger partial charge in [-0.05, 0) is 25.1 Å². The van der Waals surface area contributed by atoms with Crippen LogP contribution in [0.4, 0.5) is 5.95 Å². The van der Waals surface area contributed by atoms with E-state index in [1.807, 2.05) is 36.1 Å². The molecule has 0 atom stereocenters. The number of carbonyl (C=O) groups is 1. The van der Waals surface area contributed by atoms with E-state index in [1.165, 1.54) is 0 Å². The van der Waals surface area contributed by atoms with Gasteiger partial charge in [0.2, 0.25) is 17.7 Å². The molecule has 8 heteroatoms. The summed E-state index contributed by atoms with van der Waals surface area (Å²) in [5, 5.41) is 0. The monoisotopic (exact) mass is 393 g/mol. The molecule has 0 bridgehead atoms. The first-order chi connectivity index (χ1) is 14.2. The highest BCUT2D eigenvalue weighted by Gasteiger charge is 2.24. The van der Waals surface area contributed by atoms with Crippen LogP contribution in [0.5, 0.6) is 5.75 Å². The van der Waals surface area contributed by atoms with Crippen LogP contribution >= 0.6 is 0 Å². The maximum absolute atomic E-state index is 12.8. The molecule has 1 fully saturated rings. The lowest BCUT2D eigenvalue weighted by Gasteiger charge is -2.34. The Morgan fingerprint density at radius 3 is 2.55 bits per heavy atom. The van der Waals surface area contributed by atoms with Crippen molar-refractivity contribution in [3.63, 3.8) is 0 Å². The van der Waals surface area contributed by atoms with Gasteiger partial charge in [-0.15, -0.1) is 0 Å². The van der Waals surface area contributed by atoms with Crippen molar-refractivity contribution in [2.75, 3.05) is 38.2 Å². The van der Waals surface area contributed by atoms with Crippen LogP contribution in [0.15, 0.2) is 47.1 Å². The molecular weight excluding hydrogens is 370 g/mol. The first kappa shape index (κ1) is 18.9. The molecule has 1 aliphatic rings. The van der Waals surface area contributed by atoms with E-state index in [0.29, 0.717) is 55.2 Å². The number of carbonyl (C=O) groups excluding carboxylic acids is 1. The predicted molar refractivity (Wildman–Crippen MR) is 108 cm³/mol. The summed E-state index contributed by atoms with van der Waals surface area (Å²) in [5.41, 5.74) is 1.43. The van der Waals surface area contributed by atoms with Crippen molar-refractivity contribution < 1.29 is 13.9 Å². The molecule has 8 nitrogen and oxygen atoms in total. The molecule has 1 aromatic carbocycles. The highest BCUT2D eigenvalue weighted by molar-refractivity contribution is 5.79.